The highest BCUT2D eigenvalue weighted by Crippen LogP contribution is 2.48. The lowest BCUT2D eigenvalue weighted by molar-refractivity contribution is -0.192. The number of alkyl halides is 3. The molecule has 38 heavy (non-hydrogen) atoms. The summed E-state index contributed by atoms with van der Waals surface area (Å²) in [6.07, 6.45) is -2.68. The van der Waals surface area contributed by atoms with Crippen LogP contribution >= 0.6 is 0 Å². The van der Waals surface area contributed by atoms with Gasteiger partial charge >= 0.3 is 12.1 Å². The molecule has 3 aromatic rings. The second-order valence-corrected chi connectivity index (χ2v) is 10.6. The molecule has 0 bridgehead atoms. The zero-order chi connectivity index (χ0) is 28.0. The van der Waals surface area contributed by atoms with E-state index in [2.05, 4.69) is 22.2 Å². The molecule has 0 atom stereocenters. The summed E-state index contributed by atoms with van der Waals surface area (Å²) in [5.74, 6) is -2.72. The zero-order valence-corrected chi connectivity index (χ0v) is 21.3. The van der Waals surface area contributed by atoms with Gasteiger partial charge in [0.25, 0.3) is 10.0 Å². The lowest BCUT2D eigenvalue weighted by Gasteiger charge is -2.17. The molecule has 11 heteroatoms. The van der Waals surface area contributed by atoms with E-state index < -0.39 is 27.6 Å². The van der Waals surface area contributed by atoms with Gasteiger partial charge in [-0.1, -0.05) is 54.6 Å². The smallest absolute Gasteiger partial charge is 0.475 e. The van der Waals surface area contributed by atoms with Crippen LogP contribution in [0.5, 0.6) is 0 Å². The maximum absolute atomic E-state index is 12.8. The molecule has 0 aliphatic heterocycles. The first-order valence-electron chi connectivity index (χ1n) is 11.7. The predicted octanol–water partition coefficient (Wildman–Crippen LogP) is 4.82. The predicted molar refractivity (Wildman–Crippen MR) is 136 cm³/mol. The number of carboxylic acids is 1. The largest absolute Gasteiger partial charge is 0.490 e. The summed E-state index contributed by atoms with van der Waals surface area (Å²) in [6, 6.07) is 24.0. The minimum Gasteiger partial charge on any atom is -0.475 e. The number of benzene rings is 3. The number of carboxylic acid groups (broad SMARTS) is 1. The third-order valence-corrected chi connectivity index (χ3v) is 7.34. The quantitative estimate of drug-likeness (QED) is 0.374. The highest BCUT2D eigenvalue weighted by Gasteiger charge is 2.51. The molecule has 0 unspecified atom stereocenters. The Balaban J connectivity index is 0.000000505. The van der Waals surface area contributed by atoms with E-state index in [1.165, 1.54) is 5.56 Å². The van der Waals surface area contributed by atoms with E-state index in [9.17, 15) is 26.4 Å². The van der Waals surface area contributed by atoms with Crippen LogP contribution in [0.4, 0.5) is 18.9 Å². The number of aliphatic carboxylic acids is 1. The van der Waals surface area contributed by atoms with Crippen LogP contribution in [0.15, 0.2) is 83.8 Å². The molecule has 3 aromatic carbocycles. The van der Waals surface area contributed by atoms with Crippen LogP contribution in [0.1, 0.15) is 29.5 Å². The van der Waals surface area contributed by atoms with E-state index in [0.29, 0.717) is 12.2 Å². The number of carbonyl (C=O) groups is 2. The fraction of sp³-hybridized carbons (Fsp3) is 0.259. The normalized spacial score (nSPS) is 14.0. The maximum atomic E-state index is 12.8. The zero-order valence-electron chi connectivity index (χ0n) is 20.5. The van der Waals surface area contributed by atoms with Crippen molar-refractivity contribution in [3.63, 3.8) is 0 Å². The van der Waals surface area contributed by atoms with E-state index in [0.717, 1.165) is 30.4 Å². The van der Waals surface area contributed by atoms with Gasteiger partial charge in [-0.2, -0.15) is 13.2 Å². The average Bonchev–Trinajstić information content (AvgIpc) is 3.67. The van der Waals surface area contributed by atoms with Crippen molar-refractivity contribution in [1.29, 1.82) is 0 Å². The van der Waals surface area contributed by atoms with Crippen molar-refractivity contribution >= 4 is 27.6 Å². The number of hydrogen-bond acceptors (Lipinski definition) is 4. The van der Waals surface area contributed by atoms with E-state index in [1.54, 1.807) is 30.3 Å². The topological polar surface area (TPSA) is 113 Å². The van der Waals surface area contributed by atoms with Crippen molar-refractivity contribution in [2.75, 3.05) is 11.3 Å². The van der Waals surface area contributed by atoms with Crippen molar-refractivity contribution in [3.8, 4) is 0 Å². The van der Waals surface area contributed by atoms with Crippen molar-refractivity contribution in [3.05, 3.63) is 95.6 Å². The second-order valence-electron chi connectivity index (χ2n) is 8.88. The first-order chi connectivity index (χ1) is 17.8. The Hall–Kier alpha value is -3.86. The highest BCUT2D eigenvalue weighted by molar-refractivity contribution is 7.92. The van der Waals surface area contributed by atoms with Crippen LogP contribution in [0.3, 0.4) is 0 Å². The summed E-state index contributed by atoms with van der Waals surface area (Å²) in [5.41, 5.74) is 2.98. The third kappa shape index (κ3) is 7.58. The van der Waals surface area contributed by atoms with Crippen LogP contribution in [0.2, 0.25) is 0 Å². The SMILES string of the molecule is Cc1cccc(S(=O)(=O)Nc2ccc(C3(C(=O)NCCc4ccccc4)CC3)cc2)c1.O=C(O)C(F)(F)F. The van der Waals surface area contributed by atoms with E-state index in [-0.39, 0.29) is 10.8 Å². The Morgan fingerprint density at radius 2 is 1.55 bits per heavy atom. The fourth-order valence-corrected chi connectivity index (χ4v) is 4.92. The van der Waals surface area contributed by atoms with Crippen molar-refractivity contribution in [2.24, 2.45) is 0 Å². The van der Waals surface area contributed by atoms with Crippen molar-refractivity contribution in [2.45, 2.75) is 42.7 Å². The molecule has 1 saturated carbocycles. The van der Waals surface area contributed by atoms with Crippen LogP contribution in [-0.2, 0) is 31.4 Å². The van der Waals surface area contributed by atoms with Gasteiger partial charge in [-0.05, 0) is 67.1 Å². The Bertz CT molecular complexity index is 1370. The van der Waals surface area contributed by atoms with Gasteiger partial charge in [0, 0.05) is 12.2 Å². The lowest BCUT2D eigenvalue weighted by atomic mass is 9.94. The number of sulfonamides is 1. The molecule has 1 aliphatic rings. The summed E-state index contributed by atoms with van der Waals surface area (Å²) in [5, 5.41) is 10.2. The lowest BCUT2D eigenvalue weighted by Crippen LogP contribution is -2.35. The average molecular weight is 549 g/mol. The summed E-state index contributed by atoms with van der Waals surface area (Å²) < 4.78 is 59.6. The molecular formula is C27H27F3N2O5S. The van der Waals surface area contributed by atoms with E-state index in [1.807, 2.05) is 43.3 Å². The first-order valence-corrected chi connectivity index (χ1v) is 13.1. The number of rotatable bonds is 8. The van der Waals surface area contributed by atoms with Gasteiger partial charge < -0.3 is 10.4 Å². The van der Waals surface area contributed by atoms with E-state index in [4.69, 9.17) is 9.90 Å². The number of carbonyl (C=O) groups excluding carboxylic acids is 1. The van der Waals surface area contributed by atoms with E-state index >= 15 is 0 Å². The molecule has 0 saturated heterocycles. The van der Waals surface area contributed by atoms with Crippen LogP contribution < -0.4 is 10.0 Å². The third-order valence-electron chi connectivity index (χ3n) is 5.96. The number of hydrogen-bond donors (Lipinski definition) is 3. The molecule has 0 radical (unpaired) electrons. The Morgan fingerprint density at radius 1 is 0.947 bits per heavy atom. The van der Waals surface area contributed by atoms with Gasteiger partial charge in [0.1, 0.15) is 0 Å². The maximum Gasteiger partial charge on any atom is 0.490 e. The molecule has 3 N–H and O–H groups in total. The van der Waals surface area contributed by atoms with Gasteiger partial charge in [0.15, 0.2) is 0 Å². The highest BCUT2D eigenvalue weighted by atomic mass is 32.2. The number of aryl methyl sites for hydroxylation is 1. The number of nitrogens with one attached hydrogen (secondary N) is 2. The van der Waals surface area contributed by atoms with Crippen molar-refractivity contribution in [1.82, 2.24) is 5.32 Å². The van der Waals surface area contributed by atoms with Crippen LogP contribution in [-0.4, -0.2) is 38.1 Å². The molecule has 7 nitrogen and oxygen atoms in total. The number of halogens is 3. The fourth-order valence-electron chi connectivity index (χ4n) is 3.76. The van der Waals surface area contributed by atoms with Gasteiger partial charge in [0.05, 0.1) is 10.3 Å². The molecule has 202 valence electrons. The van der Waals surface area contributed by atoms with Gasteiger partial charge in [-0.15, -0.1) is 0 Å². The Kier molecular flexibility index (Phi) is 8.82. The minimum atomic E-state index is -5.08. The molecular weight excluding hydrogens is 521 g/mol. The molecule has 0 heterocycles. The second kappa shape index (κ2) is 11.7. The number of anilines is 1. The molecule has 1 amide bonds. The monoisotopic (exact) mass is 548 g/mol. The van der Waals surface area contributed by atoms with Crippen LogP contribution in [0.25, 0.3) is 0 Å². The van der Waals surface area contributed by atoms with Gasteiger partial charge in [0.2, 0.25) is 5.91 Å². The molecule has 0 spiro atoms. The van der Waals surface area contributed by atoms with Crippen molar-refractivity contribution < 1.29 is 36.3 Å². The van der Waals surface area contributed by atoms with Crippen LogP contribution in [0, 0.1) is 6.92 Å². The Morgan fingerprint density at radius 3 is 2.08 bits per heavy atom. The summed E-state index contributed by atoms with van der Waals surface area (Å²) in [7, 11) is -3.65. The molecule has 4 rings (SSSR count). The first kappa shape index (κ1) is 28.7. The molecule has 1 aliphatic carbocycles. The molecule has 1 fully saturated rings. The Labute approximate surface area is 218 Å². The van der Waals surface area contributed by atoms with Gasteiger partial charge in [-0.3, -0.25) is 9.52 Å². The minimum absolute atomic E-state index is 0.0384. The number of amides is 1. The molecule has 0 aromatic heterocycles. The summed E-state index contributed by atoms with van der Waals surface area (Å²) in [4.78, 5) is 22.0. The standard InChI is InChI=1S/C25H26N2O3S.C2HF3O2/c1-19-6-5-9-23(18-19)31(29,30)27-22-12-10-21(11-13-22)25(15-16-25)24(28)26-17-14-20-7-3-2-4-8-20;3-2(4,5)1(6)7/h2-13,18,27H,14-17H2,1H3,(H,26,28);(H,6,7). The summed E-state index contributed by atoms with van der Waals surface area (Å²) in [6.45, 7) is 2.45. The van der Waals surface area contributed by atoms with Gasteiger partial charge in [-0.25, -0.2) is 13.2 Å². The summed E-state index contributed by atoms with van der Waals surface area (Å²) >= 11 is 0.